The Balaban J connectivity index is 1.73. The van der Waals surface area contributed by atoms with Crippen LogP contribution in [0.4, 0.5) is 4.79 Å². The van der Waals surface area contributed by atoms with Crippen LogP contribution in [0.3, 0.4) is 0 Å². The predicted molar refractivity (Wildman–Crippen MR) is 88.5 cm³/mol. The third-order valence-corrected chi connectivity index (χ3v) is 4.50. The number of thioether (sulfide) groups is 1. The zero-order chi connectivity index (χ0) is 15.9. The summed E-state index contributed by atoms with van der Waals surface area (Å²) in [4.78, 5) is 25.0. The van der Waals surface area contributed by atoms with Crippen molar-refractivity contribution in [3.05, 3.63) is 29.3 Å². The smallest absolute Gasteiger partial charge is 0.281 e. The Morgan fingerprint density at radius 3 is 2.95 bits per heavy atom. The maximum atomic E-state index is 11.8. The molecule has 5 nitrogen and oxygen atoms in total. The molecule has 1 saturated heterocycles. The number of nitrogens with one attached hydrogen (secondary N) is 1. The second kappa shape index (κ2) is 8.08. The summed E-state index contributed by atoms with van der Waals surface area (Å²) in [5, 5.41) is 2.98. The van der Waals surface area contributed by atoms with E-state index in [0.29, 0.717) is 19.5 Å². The van der Waals surface area contributed by atoms with Gasteiger partial charge in [-0.1, -0.05) is 29.5 Å². The number of carbonyl (C=O) groups excluding carboxylic acids is 2. The molecule has 1 aromatic carbocycles. The lowest BCUT2D eigenvalue weighted by atomic mass is 10.1. The number of rotatable bonds is 7. The molecule has 1 N–H and O–H groups in total. The van der Waals surface area contributed by atoms with E-state index in [2.05, 4.69) is 11.4 Å². The fourth-order valence-electron chi connectivity index (χ4n) is 2.39. The molecule has 120 valence electrons. The van der Waals surface area contributed by atoms with E-state index in [1.54, 1.807) is 12.0 Å². The first-order valence-electron chi connectivity index (χ1n) is 7.42. The number of nitrogens with zero attached hydrogens (tertiary/aromatic N) is 1. The minimum absolute atomic E-state index is 0.0173. The molecule has 1 heterocycles. The topological polar surface area (TPSA) is 58.6 Å². The zero-order valence-electron chi connectivity index (χ0n) is 13.1. The average molecular weight is 322 g/mol. The van der Waals surface area contributed by atoms with E-state index in [1.807, 2.05) is 19.1 Å². The first-order chi connectivity index (χ1) is 10.6. The Kier molecular flexibility index (Phi) is 6.12. The minimum Gasteiger partial charge on any atom is -0.496 e. The van der Waals surface area contributed by atoms with Crippen LogP contribution < -0.4 is 10.1 Å². The summed E-state index contributed by atoms with van der Waals surface area (Å²) < 4.78 is 5.33. The van der Waals surface area contributed by atoms with Crippen LogP contribution in [-0.4, -0.2) is 48.5 Å². The lowest BCUT2D eigenvalue weighted by Crippen LogP contribution is -2.31. The van der Waals surface area contributed by atoms with Crippen molar-refractivity contribution in [1.82, 2.24) is 10.2 Å². The summed E-state index contributed by atoms with van der Waals surface area (Å²) in [5.41, 5.74) is 2.26. The van der Waals surface area contributed by atoms with Gasteiger partial charge in [-0.2, -0.15) is 0 Å². The van der Waals surface area contributed by atoms with Gasteiger partial charge in [-0.15, -0.1) is 0 Å². The predicted octanol–water partition coefficient (Wildman–Crippen LogP) is 2.22. The largest absolute Gasteiger partial charge is 0.496 e. The number of hydrogen-bond acceptors (Lipinski definition) is 4. The molecule has 2 amide bonds. The quantitative estimate of drug-likeness (QED) is 0.836. The number of aryl methyl sites for hydroxylation is 1. The monoisotopic (exact) mass is 322 g/mol. The van der Waals surface area contributed by atoms with E-state index < -0.39 is 0 Å². The van der Waals surface area contributed by atoms with Crippen LogP contribution in [0.2, 0.25) is 0 Å². The summed E-state index contributed by atoms with van der Waals surface area (Å²) in [6.07, 6.45) is 1.09. The highest BCUT2D eigenvalue weighted by molar-refractivity contribution is 8.13. The van der Waals surface area contributed by atoms with Crippen LogP contribution in [0.5, 0.6) is 5.75 Å². The number of methoxy groups -OCH3 is 1. The summed E-state index contributed by atoms with van der Waals surface area (Å²) in [5.74, 6) is 1.66. The molecule has 1 aliphatic heterocycles. The normalized spacial score (nSPS) is 14.3. The molecule has 2 rings (SSSR count). The highest BCUT2D eigenvalue weighted by Gasteiger charge is 2.21. The molecule has 1 aromatic rings. The fraction of sp³-hybridized carbons (Fsp3) is 0.500. The van der Waals surface area contributed by atoms with Gasteiger partial charge in [0.2, 0.25) is 5.91 Å². The van der Waals surface area contributed by atoms with Gasteiger partial charge >= 0.3 is 0 Å². The Hall–Kier alpha value is -1.69. The molecule has 0 atom stereocenters. The van der Waals surface area contributed by atoms with Gasteiger partial charge in [-0.25, -0.2) is 0 Å². The molecular formula is C16H22N2O3S. The van der Waals surface area contributed by atoms with Crippen molar-refractivity contribution in [3.63, 3.8) is 0 Å². The molecule has 0 radical (unpaired) electrons. The molecule has 0 bridgehead atoms. The lowest BCUT2D eigenvalue weighted by molar-refractivity contribution is -0.121. The molecule has 0 saturated carbocycles. The van der Waals surface area contributed by atoms with E-state index in [9.17, 15) is 9.59 Å². The molecule has 1 fully saturated rings. The van der Waals surface area contributed by atoms with E-state index in [-0.39, 0.29) is 11.1 Å². The number of amides is 2. The zero-order valence-corrected chi connectivity index (χ0v) is 13.9. The summed E-state index contributed by atoms with van der Waals surface area (Å²) in [6, 6.07) is 6.03. The SMILES string of the molecule is COc1ccc(C)cc1CCNC(=O)CCN1CCSC1=O. The fourth-order valence-corrected chi connectivity index (χ4v) is 3.24. The number of carbonyl (C=O) groups is 2. The van der Waals surface area contributed by atoms with Crippen LogP contribution in [0.25, 0.3) is 0 Å². The number of ether oxygens (including phenoxy) is 1. The van der Waals surface area contributed by atoms with E-state index in [1.165, 1.54) is 17.3 Å². The van der Waals surface area contributed by atoms with Crippen LogP contribution >= 0.6 is 11.8 Å². The van der Waals surface area contributed by atoms with E-state index in [0.717, 1.165) is 30.0 Å². The summed E-state index contributed by atoms with van der Waals surface area (Å²) >= 11 is 1.32. The highest BCUT2D eigenvalue weighted by atomic mass is 32.2. The molecule has 22 heavy (non-hydrogen) atoms. The second-order valence-electron chi connectivity index (χ2n) is 5.27. The molecule has 0 aromatic heterocycles. The van der Waals surface area contributed by atoms with E-state index in [4.69, 9.17) is 4.74 Å². The first-order valence-corrected chi connectivity index (χ1v) is 8.40. The molecule has 0 spiro atoms. The second-order valence-corrected chi connectivity index (χ2v) is 6.31. The molecule has 1 aliphatic rings. The molecule has 6 heteroatoms. The van der Waals surface area contributed by atoms with Crippen molar-refractivity contribution in [1.29, 1.82) is 0 Å². The summed E-state index contributed by atoms with van der Waals surface area (Å²) in [6.45, 7) is 3.86. The number of hydrogen-bond donors (Lipinski definition) is 1. The van der Waals surface area contributed by atoms with Crippen LogP contribution in [0.15, 0.2) is 18.2 Å². The number of benzene rings is 1. The molecule has 0 aliphatic carbocycles. The van der Waals surface area contributed by atoms with Crippen LogP contribution in [0.1, 0.15) is 17.5 Å². The van der Waals surface area contributed by atoms with Gasteiger partial charge in [-0.05, 0) is 25.0 Å². The van der Waals surface area contributed by atoms with Gasteiger partial charge in [0.05, 0.1) is 7.11 Å². The van der Waals surface area contributed by atoms with Gasteiger partial charge in [-0.3, -0.25) is 9.59 Å². The lowest BCUT2D eigenvalue weighted by Gasteiger charge is -2.14. The molecule has 0 unspecified atom stereocenters. The average Bonchev–Trinajstić information content (AvgIpc) is 2.91. The van der Waals surface area contributed by atoms with Gasteiger partial charge in [0.1, 0.15) is 5.75 Å². The molecular weight excluding hydrogens is 300 g/mol. The summed E-state index contributed by atoms with van der Waals surface area (Å²) in [7, 11) is 1.65. The minimum atomic E-state index is -0.0173. The standard InChI is InChI=1S/C16H22N2O3S/c1-12-3-4-14(21-2)13(11-12)5-7-17-15(19)6-8-18-9-10-22-16(18)20/h3-4,11H,5-10H2,1-2H3,(H,17,19). The maximum Gasteiger partial charge on any atom is 0.281 e. The third kappa shape index (κ3) is 4.66. The van der Waals surface area contributed by atoms with Gasteiger partial charge in [0, 0.05) is 31.8 Å². The Morgan fingerprint density at radius 2 is 2.27 bits per heavy atom. The van der Waals surface area contributed by atoms with Crippen LogP contribution in [0, 0.1) is 6.92 Å². The van der Waals surface area contributed by atoms with Crippen LogP contribution in [-0.2, 0) is 11.2 Å². The van der Waals surface area contributed by atoms with Crippen molar-refractivity contribution in [2.45, 2.75) is 19.8 Å². The third-order valence-electron chi connectivity index (χ3n) is 3.61. The van der Waals surface area contributed by atoms with Gasteiger partial charge in [0.25, 0.3) is 5.24 Å². The van der Waals surface area contributed by atoms with Crippen molar-refractivity contribution in [3.8, 4) is 5.75 Å². The van der Waals surface area contributed by atoms with Crippen molar-refractivity contribution in [2.24, 2.45) is 0 Å². The van der Waals surface area contributed by atoms with Crippen molar-refractivity contribution in [2.75, 3.05) is 32.5 Å². The van der Waals surface area contributed by atoms with Crippen molar-refractivity contribution < 1.29 is 14.3 Å². The first kappa shape index (κ1) is 16.7. The Bertz CT molecular complexity index is 548. The Morgan fingerprint density at radius 1 is 1.45 bits per heavy atom. The Labute approximate surface area is 135 Å². The van der Waals surface area contributed by atoms with Crippen molar-refractivity contribution >= 4 is 22.9 Å². The van der Waals surface area contributed by atoms with Gasteiger partial charge in [0.15, 0.2) is 0 Å². The highest BCUT2D eigenvalue weighted by Crippen LogP contribution is 2.20. The van der Waals surface area contributed by atoms with Gasteiger partial charge < -0.3 is 15.0 Å². The maximum absolute atomic E-state index is 11.8. The van der Waals surface area contributed by atoms with E-state index >= 15 is 0 Å².